The van der Waals surface area contributed by atoms with E-state index in [9.17, 15) is 4.79 Å². The van der Waals surface area contributed by atoms with Crippen LogP contribution in [-0.2, 0) is 6.42 Å². The minimum Gasteiger partial charge on any atom is -0.367 e. The number of allylic oxidation sites excluding steroid dienone is 1. The topological polar surface area (TPSA) is 26.8 Å². The van der Waals surface area contributed by atoms with E-state index in [1.807, 2.05) is 6.07 Å². The van der Waals surface area contributed by atoms with Gasteiger partial charge in [0.1, 0.15) is 6.29 Å². The summed E-state index contributed by atoms with van der Waals surface area (Å²) >= 11 is 0. The highest BCUT2D eigenvalue weighted by atomic mass is 16.1. The maximum absolute atomic E-state index is 11.8. The second-order valence-electron chi connectivity index (χ2n) is 11.6. The van der Waals surface area contributed by atoms with Gasteiger partial charge in [-0.05, 0) is 76.7 Å². The van der Waals surface area contributed by atoms with Gasteiger partial charge in [-0.2, -0.15) is 0 Å². The molecule has 1 aliphatic rings. The number of carbonyl (C=O) groups is 1. The molecule has 220 valence electrons. The zero-order valence-corrected chi connectivity index (χ0v) is 26.2. The predicted octanol–water partition coefficient (Wildman–Crippen LogP) is 8.03. The number of hydrogen-bond donors (Lipinski definition) is 0. The molecule has 0 saturated carbocycles. The molecule has 0 aliphatic carbocycles. The first kappa shape index (κ1) is 33.3. The van der Waals surface area contributed by atoms with E-state index >= 15 is 0 Å². The molecule has 1 aliphatic heterocycles. The van der Waals surface area contributed by atoms with Crippen molar-refractivity contribution in [2.24, 2.45) is 11.8 Å². The monoisotopic (exact) mass is 537 g/mol. The van der Waals surface area contributed by atoms with Crippen molar-refractivity contribution in [1.29, 1.82) is 0 Å². The first-order chi connectivity index (χ1) is 19.0. The van der Waals surface area contributed by atoms with Crippen molar-refractivity contribution in [3.8, 4) is 0 Å². The van der Waals surface area contributed by atoms with Gasteiger partial charge >= 0.3 is 0 Å². The number of benzene rings is 1. The molecular weight excluding hydrogens is 478 g/mol. The van der Waals surface area contributed by atoms with E-state index in [0.29, 0.717) is 23.9 Å². The van der Waals surface area contributed by atoms with Gasteiger partial charge in [0.05, 0.1) is 0 Å². The van der Waals surface area contributed by atoms with E-state index in [1.165, 1.54) is 75.8 Å². The van der Waals surface area contributed by atoms with Crippen LogP contribution in [0.4, 0.5) is 5.69 Å². The molecule has 1 saturated heterocycles. The molecule has 0 amide bonds. The first-order valence-corrected chi connectivity index (χ1v) is 16.0. The third kappa shape index (κ3) is 9.90. The fourth-order valence-electron chi connectivity index (χ4n) is 6.50. The van der Waals surface area contributed by atoms with Gasteiger partial charge in [-0.1, -0.05) is 83.7 Å². The van der Waals surface area contributed by atoms with Crippen LogP contribution in [-0.4, -0.2) is 67.4 Å². The molecule has 1 fully saturated rings. The van der Waals surface area contributed by atoms with E-state index in [2.05, 4.69) is 93.2 Å². The predicted molar refractivity (Wildman–Crippen MR) is 171 cm³/mol. The summed E-state index contributed by atoms with van der Waals surface area (Å²) in [4.78, 5) is 19.8. The van der Waals surface area contributed by atoms with Crippen LogP contribution in [0.15, 0.2) is 43.0 Å². The molecule has 4 unspecified atom stereocenters. The fourth-order valence-corrected chi connectivity index (χ4v) is 6.50. The van der Waals surface area contributed by atoms with Crippen LogP contribution in [0.3, 0.4) is 0 Å². The minimum atomic E-state index is 0.293. The van der Waals surface area contributed by atoms with Crippen molar-refractivity contribution in [1.82, 2.24) is 9.80 Å². The number of hydrogen-bond acceptors (Lipinski definition) is 4. The SMILES string of the molecule is C=CC1C(/C=C\C)N(CCCN(CCC)CCCC)CCN(c2cc(C=O)ccc2CC(CC)CCC)C1C. The lowest BCUT2D eigenvalue weighted by atomic mass is 9.88. The average Bonchev–Trinajstić information content (AvgIpc) is 3.07. The number of aldehydes is 1. The molecule has 0 spiro atoms. The molecule has 0 N–H and O–H groups in total. The molecule has 4 atom stereocenters. The summed E-state index contributed by atoms with van der Waals surface area (Å²) in [5.74, 6) is 0.986. The van der Waals surface area contributed by atoms with Gasteiger partial charge in [0, 0.05) is 48.9 Å². The second kappa shape index (κ2) is 18.4. The number of unbranched alkanes of at least 4 members (excludes halogenated alkanes) is 1. The van der Waals surface area contributed by atoms with Crippen molar-refractivity contribution in [3.63, 3.8) is 0 Å². The highest BCUT2D eigenvalue weighted by Gasteiger charge is 2.35. The Morgan fingerprint density at radius 3 is 2.44 bits per heavy atom. The Morgan fingerprint density at radius 2 is 1.82 bits per heavy atom. The van der Waals surface area contributed by atoms with Crippen LogP contribution in [0.25, 0.3) is 0 Å². The molecule has 0 bridgehead atoms. The second-order valence-corrected chi connectivity index (χ2v) is 11.6. The summed E-state index contributed by atoms with van der Waals surface area (Å²) in [6.07, 6.45) is 17.5. The largest absolute Gasteiger partial charge is 0.367 e. The van der Waals surface area contributed by atoms with Crippen LogP contribution < -0.4 is 4.90 Å². The van der Waals surface area contributed by atoms with E-state index in [0.717, 1.165) is 37.9 Å². The lowest BCUT2D eigenvalue weighted by Gasteiger charge is -2.37. The third-order valence-corrected chi connectivity index (χ3v) is 8.78. The highest BCUT2D eigenvalue weighted by molar-refractivity contribution is 5.78. The van der Waals surface area contributed by atoms with Crippen LogP contribution >= 0.6 is 0 Å². The fraction of sp³-hybridized carbons (Fsp3) is 0.686. The summed E-state index contributed by atoms with van der Waals surface area (Å²) in [5, 5.41) is 0. The molecule has 0 aromatic heterocycles. The summed E-state index contributed by atoms with van der Waals surface area (Å²) < 4.78 is 0. The van der Waals surface area contributed by atoms with Crippen LogP contribution in [0.5, 0.6) is 0 Å². The molecule has 4 heteroatoms. The van der Waals surface area contributed by atoms with Gasteiger partial charge in [0.25, 0.3) is 0 Å². The Bertz CT molecular complexity index is 865. The van der Waals surface area contributed by atoms with Crippen molar-refractivity contribution in [2.75, 3.05) is 44.2 Å². The molecule has 1 aromatic carbocycles. The van der Waals surface area contributed by atoms with E-state index in [-0.39, 0.29) is 0 Å². The van der Waals surface area contributed by atoms with Gasteiger partial charge in [-0.3, -0.25) is 9.69 Å². The summed E-state index contributed by atoms with van der Waals surface area (Å²) in [6.45, 7) is 24.7. The lowest BCUT2D eigenvalue weighted by molar-refractivity contribution is 0.112. The summed E-state index contributed by atoms with van der Waals surface area (Å²) in [7, 11) is 0. The van der Waals surface area contributed by atoms with Gasteiger partial charge in [-0.15, -0.1) is 6.58 Å². The van der Waals surface area contributed by atoms with Crippen molar-refractivity contribution >= 4 is 12.0 Å². The van der Waals surface area contributed by atoms with E-state index in [4.69, 9.17) is 0 Å². The Balaban J connectivity index is 2.34. The number of anilines is 1. The minimum absolute atomic E-state index is 0.293. The molecular formula is C35H59N3O. The van der Waals surface area contributed by atoms with Crippen molar-refractivity contribution in [3.05, 3.63) is 54.1 Å². The Morgan fingerprint density at radius 1 is 1.05 bits per heavy atom. The molecule has 1 heterocycles. The number of rotatable bonds is 18. The van der Waals surface area contributed by atoms with Gasteiger partial charge in [0.15, 0.2) is 0 Å². The summed E-state index contributed by atoms with van der Waals surface area (Å²) in [5.41, 5.74) is 3.41. The molecule has 0 radical (unpaired) electrons. The maximum atomic E-state index is 11.8. The normalized spacial score (nSPS) is 21.4. The lowest BCUT2D eigenvalue weighted by Crippen LogP contribution is -2.43. The average molecular weight is 538 g/mol. The molecule has 39 heavy (non-hydrogen) atoms. The first-order valence-electron chi connectivity index (χ1n) is 16.0. The van der Waals surface area contributed by atoms with Crippen molar-refractivity contribution in [2.45, 2.75) is 105 Å². The Kier molecular flexibility index (Phi) is 15.7. The van der Waals surface area contributed by atoms with Gasteiger partial charge in [0.2, 0.25) is 0 Å². The summed E-state index contributed by atoms with van der Waals surface area (Å²) in [6, 6.07) is 7.00. The van der Waals surface area contributed by atoms with E-state index in [1.54, 1.807) is 0 Å². The Hall–Kier alpha value is -1.91. The maximum Gasteiger partial charge on any atom is 0.150 e. The standard InChI is InChI=1S/C35H59N3O/c1-8-14-21-36(20-11-4)22-15-23-37-24-25-38(29(7)33(13-6)34(37)17-10-3)35-27-31(28-39)18-19-32(35)26-30(12-5)16-9-2/h10,13,17-19,27-30,33-34H,6,8-9,11-12,14-16,20-26H2,1-5,7H3/b17-10-. The zero-order valence-electron chi connectivity index (χ0n) is 26.2. The van der Waals surface area contributed by atoms with Gasteiger partial charge < -0.3 is 9.80 Å². The van der Waals surface area contributed by atoms with Crippen molar-refractivity contribution < 1.29 is 4.79 Å². The van der Waals surface area contributed by atoms with Crippen LogP contribution in [0.2, 0.25) is 0 Å². The quantitative estimate of drug-likeness (QED) is 0.140. The van der Waals surface area contributed by atoms with Gasteiger partial charge in [-0.25, -0.2) is 0 Å². The number of nitrogens with zero attached hydrogens (tertiary/aromatic N) is 3. The molecule has 4 nitrogen and oxygen atoms in total. The van der Waals surface area contributed by atoms with E-state index < -0.39 is 0 Å². The molecule has 2 rings (SSSR count). The third-order valence-electron chi connectivity index (χ3n) is 8.78. The van der Waals surface area contributed by atoms with Crippen LogP contribution in [0.1, 0.15) is 102 Å². The number of carbonyl (C=O) groups excluding carboxylic acids is 1. The molecule has 1 aromatic rings. The smallest absolute Gasteiger partial charge is 0.150 e. The highest BCUT2D eigenvalue weighted by Crippen LogP contribution is 2.34. The van der Waals surface area contributed by atoms with Crippen LogP contribution in [0, 0.1) is 11.8 Å². The Labute approximate surface area is 241 Å². The zero-order chi connectivity index (χ0) is 28.6.